The second-order valence-corrected chi connectivity index (χ2v) is 5.08. The summed E-state index contributed by atoms with van der Waals surface area (Å²) in [7, 11) is 0. The van der Waals surface area contributed by atoms with Gasteiger partial charge in [-0.25, -0.2) is 4.39 Å². The van der Waals surface area contributed by atoms with Crippen molar-refractivity contribution in [2.45, 2.75) is 6.92 Å². The molecule has 1 aliphatic heterocycles. The quantitative estimate of drug-likeness (QED) is 0.616. The molecular weight excluding hydrogens is 245 g/mol. The van der Waals surface area contributed by atoms with E-state index in [-0.39, 0.29) is 11.7 Å². The van der Waals surface area contributed by atoms with Gasteiger partial charge in [0, 0.05) is 0 Å². The number of hydrogen-bond donors (Lipinski definition) is 1. The molecule has 0 radical (unpaired) electrons. The molecule has 1 saturated heterocycles. The van der Waals surface area contributed by atoms with Crippen molar-refractivity contribution in [3.8, 4) is 0 Å². The molecule has 0 bridgehead atoms. The van der Waals surface area contributed by atoms with Crippen molar-refractivity contribution in [2.24, 2.45) is 0 Å². The number of benzene rings is 1. The molecule has 0 saturated carbocycles. The molecule has 0 atom stereocenters. The summed E-state index contributed by atoms with van der Waals surface area (Å²) in [6.45, 7) is 1.68. The molecule has 2 nitrogen and oxygen atoms in total. The Morgan fingerprint density at radius 1 is 1.50 bits per heavy atom. The molecule has 1 aromatic carbocycles. The van der Waals surface area contributed by atoms with Crippen molar-refractivity contribution in [3.63, 3.8) is 0 Å². The number of thiocarbonyl (C=S) groups is 1. The van der Waals surface area contributed by atoms with E-state index in [1.165, 1.54) is 17.8 Å². The maximum absolute atomic E-state index is 13.0. The van der Waals surface area contributed by atoms with Gasteiger partial charge in [0.05, 0.1) is 4.91 Å². The number of halogens is 1. The van der Waals surface area contributed by atoms with Gasteiger partial charge in [0.15, 0.2) is 0 Å². The van der Waals surface area contributed by atoms with E-state index in [2.05, 4.69) is 5.32 Å². The monoisotopic (exact) mass is 253 g/mol. The normalized spacial score (nSPS) is 18.0. The maximum atomic E-state index is 13.0. The van der Waals surface area contributed by atoms with E-state index in [0.717, 1.165) is 5.56 Å². The summed E-state index contributed by atoms with van der Waals surface area (Å²) >= 11 is 6.08. The molecule has 1 heterocycles. The second-order valence-electron chi connectivity index (χ2n) is 3.36. The number of rotatable bonds is 1. The van der Waals surface area contributed by atoms with Gasteiger partial charge in [0.2, 0.25) is 0 Å². The third-order valence-electron chi connectivity index (χ3n) is 2.12. The van der Waals surface area contributed by atoms with Crippen molar-refractivity contribution in [1.29, 1.82) is 0 Å². The molecule has 1 amide bonds. The Hall–Kier alpha value is -1.20. The molecule has 16 heavy (non-hydrogen) atoms. The molecule has 0 spiro atoms. The summed E-state index contributed by atoms with van der Waals surface area (Å²) in [4.78, 5) is 11.9. The molecule has 1 aromatic rings. The van der Waals surface area contributed by atoms with E-state index in [4.69, 9.17) is 12.2 Å². The van der Waals surface area contributed by atoms with Crippen molar-refractivity contribution in [2.75, 3.05) is 0 Å². The lowest BCUT2D eigenvalue weighted by Crippen LogP contribution is -2.17. The third kappa shape index (κ3) is 2.31. The lowest BCUT2D eigenvalue weighted by atomic mass is 10.1. The highest BCUT2D eigenvalue weighted by molar-refractivity contribution is 8.26. The van der Waals surface area contributed by atoms with E-state index in [1.54, 1.807) is 25.1 Å². The second kappa shape index (κ2) is 4.35. The largest absolute Gasteiger partial charge is 0.307 e. The van der Waals surface area contributed by atoms with Gasteiger partial charge in [-0.15, -0.1) is 0 Å². The Labute approximate surface area is 102 Å². The minimum Gasteiger partial charge on any atom is -0.307 e. The van der Waals surface area contributed by atoms with Crippen LogP contribution in [0, 0.1) is 12.7 Å². The van der Waals surface area contributed by atoms with Gasteiger partial charge >= 0.3 is 0 Å². The molecule has 0 aromatic heterocycles. The predicted octanol–water partition coefficient (Wildman–Crippen LogP) is 2.62. The summed E-state index contributed by atoms with van der Waals surface area (Å²) in [5.74, 6) is -0.446. The number of aryl methyl sites for hydroxylation is 1. The molecule has 82 valence electrons. The Balaban J connectivity index is 2.32. The Morgan fingerprint density at radius 3 is 2.81 bits per heavy atom. The predicted molar refractivity (Wildman–Crippen MR) is 67.4 cm³/mol. The number of carbonyl (C=O) groups is 1. The first-order valence-corrected chi connectivity index (χ1v) is 5.80. The minimum absolute atomic E-state index is 0.197. The van der Waals surface area contributed by atoms with Crippen LogP contribution in [-0.2, 0) is 4.79 Å². The minimum atomic E-state index is -0.249. The van der Waals surface area contributed by atoms with Gasteiger partial charge in [-0.2, -0.15) is 0 Å². The third-order valence-corrected chi connectivity index (χ3v) is 3.28. The van der Waals surface area contributed by atoms with E-state index in [1.807, 2.05) is 0 Å². The molecule has 5 heteroatoms. The van der Waals surface area contributed by atoms with Crippen LogP contribution in [0.1, 0.15) is 11.1 Å². The van der Waals surface area contributed by atoms with Gasteiger partial charge in [-0.1, -0.05) is 30.0 Å². The fourth-order valence-electron chi connectivity index (χ4n) is 1.33. The highest BCUT2D eigenvalue weighted by atomic mass is 32.2. The van der Waals surface area contributed by atoms with E-state index in [0.29, 0.717) is 14.8 Å². The molecule has 1 fully saturated rings. The summed E-state index contributed by atoms with van der Waals surface area (Å²) in [6, 6.07) is 4.71. The topological polar surface area (TPSA) is 29.1 Å². The van der Waals surface area contributed by atoms with Crippen LogP contribution >= 0.6 is 24.0 Å². The van der Waals surface area contributed by atoms with Crippen LogP contribution in [0.15, 0.2) is 23.1 Å². The first-order chi connectivity index (χ1) is 7.56. The number of hydrogen-bond acceptors (Lipinski definition) is 3. The van der Waals surface area contributed by atoms with E-state index in [9.17, 15) is 9.18 Å². The highest BCUT2D eigenvalue weighted by Crippen LogP contribution is 2.26. The average Bonchev–Trinajstić information content (AvgIpc) is 2.51. The Bertz CT molecular complexity index is 511. The first-order valence-electron chi connectivity index (χ1n) is 4.57. The summed E-state index contributed by atoms with van der Waals surface area (Å²) in [5, 5.41) is 2.53. The van der Waals surface area contributed by atoms with Crippen LogP contribution in [0.4, 0.5) is 4.39 Å². The zero-order valence-corrected chi connectivity index (χ0v) is 10.0. The maximum Gasteiger partial charge on any atom is 0.263 e. The molecular formula is C11H8FNOS2. The van der Waals surface area contributed by atoms with Crippen molar-refractivity contribution < 1.29 is 9.18 Å². The number of amides is 1. The number of carbonyl (C=O) groups excluding carboxylic acids is 1. The van der Waals surface area contributed by atoms with Crippen LogP contribution in [0.25, 0.3) is 6.08 Å². The van der Waals surface area contributed by atoms with Gasteiger partial charge < -0.3 is 5.32 Å². The zero-order valence-electron chi connectivity index (χ0n) is 8.41. The molecule has 2 rings (SSSR count). The van der Waals surface area contributed by atoms with Crippen LogP contribution < -0.4 is 5.32 Å². The van der Waals surface area contributed by atoms with Crippen molar-refractivity contribution in [1.82, 2.24) is 5.32 Å². The van der Waals surface area contributed by atoms with Crippen molar-refractivity contribution in [3.05, 3.63) is 40.0 Å². The fourth-order valence-corrected chi connectivity index (χ4v) is 2.37. The smallest absolute Gasteiger partial charge is 0.263 e. The SMILES string of the molecule is Cc1cc(/C=C2\SC(=S)NC2=O)ccc1F. The van der Waals surface area contributed by atoms with E-state index >= 15 is 0 Å². The van der Waals surface area contributed by atoms with Gasteiger partial charge in [-0.05, 0) is 36.3 Å². The Kier molecular flexibility index (Phi) is 3.07. The summed E-state index contributed by atoms with van der Waals surface area (Å²) < 4.78 is 13.5. The first kappa shape index (κ1) is 11.3. The Morgan fingerprint density at radius 2 is 2.25 bits per heavy atom. The van der Waals surface area contributed by atoms with E-state index < -0.39 is 0 Å². The van der Waals surface area contributed by atoms with Gasteiger partial charge in [0.25, 0.3) is 5.91 Å². The molecule has 0 aliphatic carbocycles. The average molecular weight is 253 g/mol. The number of thioether (sulfide) groups is 1. The van der Waals surface area contributed by atoms with Crippen LogP contribution in [-0.4, -0.2) is 10.2 Å². The van der Waals surface area contributed by atoms with Gasteiger partial charge in [0.1, 0.15) is 10.1 Å². The molecule has 1 N–H and O–H groups in total. The van der Waals surface area contributed by atoms with Crippen molar-refractivity contribution >= 4 is 40.3 Å². The standard InChI is InChI=1S/C11H8FNOS2/c1-6-4-7(2-3-8(6)12)5-9-10(14)13-11(15)16-9/h2-5H,1H3,(H,13,14,15)/b9-5-. The highest BCUT2D eigenvalue weighted by Gasteiger charge is 2.21. The lowest BCUT2D eigenvalue weighted by molar-refractivity contribution is -0.115. The summed E-state index contributed by atoms with van der Waals surface area (Å²) in [6.07, 6.45) is 1.70. The van der Waals surface area contributed by atoms with Crippen LogP contribution in [0.5, 0.6) is 0 Å². The lowest BCUT2D eigenvalue weighted by Gasteiger charge is -1.98. The fraction of sp³-hybridized carbons (Fsp3) is 0.0909. The number of nitrogens with one attached hydrogen (secondary N) is 1. The molecule has 0 unspecified atom stereocenters. The van der Waals surface area contributed by atoms with Crippen LogP contribution in [0.3, 0.4) is 0 Å². The van der Waals surface area contributed by atoms with Gasteiger partial charge in [-0.3, -0.25) is 4.79 Å². The summed E-state index contributed by atoms with van der Waals surface area (Å²) in [5.41, 5.74) is 1.35. The zero-order chi connectivity index (χ0) is 11.7. The van der Waals surface area contributed by atoms with Crippen LogP contribution in [0.2, 0.25) is 0 Å². The molecule has 1 aliphatic rings.